The van der Waals surface area contributed by atoms with Crippen molar-refractivity contribution in [2.24, 2.45) is 5.92 Å². The van der Waals surface area contributed by atoms with Gasteiger partial charge in [-0.25, -0.2) is 9.59 Å². The molecule has 7 nitrogen and oxygen atoms in total. The Balaban J connectivity index is 0.00000420. The van der Waals surface area contributed by atoms with E-state index in [9.17, 15) is 14.4 Å². The Morgan fingerprint density at radius 3 is 2.37 bits per heavy atom. The van der Waals surface area contributed by atoms with E-state index in [-0.39, 0.29) is 36.3 Å². The number of thioether (sulfide) groups is 1. The number of fused-ring (bicyclic) bond motifs is 1. The number of ether oxygens (including phenoxy) is 1. The molecule has 2 rings (SSSR count). The van der Waals surface area contributed by atoms with Crippen LogP contribution < -0.4 is 16.2 Å². The molecule has 2 amide bonds. The third-order valence-electron chi connectivity index (χ3n) is 4.21. The lowest BCUT2D eigenvalue weighted by Crippen LogP contribution is -2.44. The fourth-order valence-corrected chi connectivity index (χ4v) is 3.39. The van der Waals surface area contributed by atoms with E-state index in [4.69, 9.17) is 4.74 Å². The molecule has 0 aliphatic rings. The monoisotopic (exact) mass is 477 g/mol. The van der Waals surface area contributed by atoms with Crippen LogP contribution in [0.4, 0.5) is 10.5 Å². The maximum absolute atomic E-state index is 12.7. The van der Waals surface area contributed by atoms with Crippen LogP contribution in [0.15, 0.2) is 35.3 Å². The molecule has 168 valence electrons. The number of esters is 1. The number of amides is 2. The van der Waals surface area contributed by atoms with Crippen molar-refractivity contribution < 1.29 is 14.3 Å². The summed E-state index contributed by atoms with van der Waals surface area (Å²) in [5.74, 6) is 0.497. The molecule has 0 bridgehead atoms. The van der Waals surface area contributed by atoms with Gasteiger partial charge in [0, 0.05) is 23.5 Å². The van der Waals surface area contributed by atoms with Crippen LogP contribution in [0.1, 0.15) is 20.3 Å². The smallest absolute Gasteiger partial charge is 0.328 e. The number of benzene rings is 1. The largest absolute Gasteiger partial charge is 0.467 e. The Labute approximate surface area is 193 Å². The zero-order chi connectivity index (χ0) is 20.7. The Morgan fingerprint density at radius 2 is 1.80 bits per heavy atom. The van der Waals surface area contributed by atoms with E-state index in [1.807, 2.05) is 26.2 Å². The summed E-state index contributed by atoms with van der Waals surface area (Å²) in [4.78, 5) is 37.2. The van der Waals surface area contributed by atoms with E-state index < -0.39 is 18.0 Å². The van der Waals surface area contributed by atoms with Crippen LogP contribution in [-0.4, -0.2) is 41.7 Å². The van der Waals surface area contributed by atoms with Crippen molar-refractivity contribution in [3.05, 3.63) is 40.8 Å². The van der Waals surface area contributed by atoms with Gasteiger partial charge < -0.3 is 19.9 Å². The number of carbonyl (C=O) groups excluding carboxylic acids is 2. The highest BCUT2D eigenvalue weighted by molar-refractivity contribution is 7.98. The van der Waals surface area contributed by atoms with E-state index in [1.54, 1.807) is 40.7 Å². The molecule has 0 spiro atoms. The number of hydrogen-bond acceptors (Lipinski definition) is 5. The molecule has 1 aromatic carbocycles. The summed E-state index contributed by atoms with van der Waals surface area (Å²) in [7, 11) is 1.29. The van der Waals surface area contributed by atoms with Crippen LogP contribution in [-0.2, 0) is 16.1 Å². The number of methoxy groups -OCH3 is 1. The summed E-state index contributed by atoms with van der Waals surface area (Å²) in [6.07, 6.45) is 4.05. The summed E-state index contributed by atoms with van der Waals surface area (Å²) in [5, 5.41) is 6.64. The van der Waals surface area contributed by atoms with Gasteiger partial charge in [-0.2, -0.15) is 11.8 Å². The second-order valence-electron chi connectivity index (χ2n) is 6.90. The first-order valence-corrected chi connectivity index (χ1v) is 10.5. The van der Waals surface area contributed by atoms with Crippen molar-refractivity contribution in [3.63, 3.8) is 0 Å². The minimum atomic E-state index is -0.731. The first kappa shape index (κ1) is 28.1. The quantitative estimate of drug-likeness (QED) is 0.562. The fourth-order valence-electron chi connectivity index (χ4n) is 2.92. The first-order valence-electron chi connectivity index (χ1n) is 9.13. The Bertz CT molecular complexity index is 905. The summed E-state index contributed by atoms with van der Waals surface area (Å²) >= 11 is 1.58. The Hall–Kier alpha value is -1.90. The van der Waals surface area contributed by atoms with Gasteiger partial charge in [0.25, 0.3) is 5.56 Å². The van der Waals surface area contributed by atoms with Crippen molar-refractivity contribution in [1.82, 2.24) is 9.88 Å². The number of nitrogens with zero attached hydrogens (tertiary/aromatic N) is 1. The topological polar surface area (TPSA) is 89.4 Å². The van der Waals surface area contributed by atoms with Gasteiger partial charge >= 0.3 is 12.0 Å². The third kappa shape index (κ3) is 7.41. The van der Waals surface area contributed by atoms with Crippen molar-refractivity contribution >= 4 is 65.0 Å². The lowest BCUT2D eigenvalue weighted by Gasteiger charge is -2.18. The lowest BCUT2D eigenvalue weighted by molar-refractivity contribution is -0.142. The highest BCUT2D eigenvalue weighted by Crippen LogP contribution is 2.21. The predicted molar refractivity (Wildman–Crippen MR) is 128 cm³/mol. The molecule has 1 aromatic heterocycles. The molecule has 0 saturated carbocycles. The molecule has 0 fully saturated rings. The molecule has 1 heterocycles. The zero-order valence-corrected chi connectivity index (χ0v) is 19.9. The van der Waals surface area contributed by atoms with Gasteiger partial charge in [0.15, 0.2) is 0 Å². The summed E-state index contributed by atoms with van der Waals surface area (Å²) in [5.41, 5.74) is 0.421. The Kier molecular flexibility index (Phi) is 12.6. The van der Waals surface area contributed by atoms with Crippen LogP contribution in [0.5, 0.6) is 0 Å². The molecular weight excluding hydrogens is 449 g/mol. The maximum Gasteiger partial charge on any atom is 0.328 e. The number of urea groups is 1. The minimum Gasteiger partial charge on any atom is -0.467 e. The van der Waals surface area contributed by atoms with Crippen molar-refractivity contribution in [2.75, 3.05) is 24.4 Å². The number of rotatable bonds is 8. The molecule has 1 atom stereocenters. The number of aromatic nitrogens is 1. The van der Waals surface area contributed by atoms with Gasteiger partial charge in [0.2, 0.25) is 0 Å². The average molecular weight is 478 g/mol. The van der Waals surface area contributed by atoms with Crippen LogP contribution in [0.25, 0.3) is 10.8 Å². The second-order valence-corrected chi connectivity index (χ2v) is 7.88. The predicted octanol–water partition coefficient (Wildman–Crippen LogP) is 3.92. The molecule has 30 heavy (non-hydrogen) atoms. The number of halogens is 2. The van der Waals surface area contributed by atoms with Gasteiger partial charge in [0.05, 0.1) is 12.8 Å². The number of carbonyl (C=O) groups is 2. The number of pyridine rings is 1. The number of anilines is 1. The summed E-state index contributed by atoms with van der Waals surface area (Å²) in [6.45, 7) is 4.58. The van der Waals surface area contributed by atoms with Gasteiger partial charge in [-0.05, 0) is 30.4 Å². The van der Waals surface area contributed by atoms with Crippen molar-refractivity contribution in [3.8, 4) is 0 Å². The van der Waals surface area contributed by atoms with E-state index in [1.165, 1.54) is 7.11 Å². The standard InChI is InChI=1S/C20H27N3O4S.2ClH/c1-13(2)11-23-12-17(14-7-5-6-8-15(14)18(23)24)22-20(26)21-16(9-10-28-4)19(25)27-3;;/h5-8,12-13,16H,9-11H2,1-4H3,(H2,21,22,26);2*1H/t16-;;/m0../s1. The van der Waals surface area contributed by atoms with Crippen LogP contribution in [0, 0.1) is 5.92 Å². The SMILES string of the molecule is COC(=O)[C@H](CCSC)NC(=O)Nc1cn(CC(C)C)c(=O)c2ccccc12.Cl.Cl. The van der Waals surface area contributed by atoms with E-state index in [0.717, 1.165) is 0 Å². The average Bonchev–Trinajstić information content (AvgIpc) is 2.67. The lowest BCUT2D eigenvalue weighted by atomic mass is 10.1. The summed E-state index contributed by atoms with van der Waals surface area (Å²) in [6, 6.07) is 5.89. The fraction of sp³-hybridized carbons (Fsp3) is 0.450. The van der Waals surface area contributed by atoms with Gasteiger partial charge in [-0.15, -0.1) is 24.8 Å². The van der Waals surface area contributed by atoms with Crippen LogP contribution in [0.2, 0.25) is 0 Å². The highest BCUT2D eigenvalue weighted by Gasteiger charge is 2.21. The highest BCUT2D eigenvalue weighted by atomic mass is 35.5. The van der Waals surface area contributed by atoms with Crippen LogP contribution >= 0.6 is 36.6 Å². The van der Waals surface area contributed by atoms with Gasteiger partial charge in [0.1, 0.15) is 6.04 Å². The molecule has 0 unspecified atom stereocenters. The van der Waals surface area contributed by atoms with Crippen LogP contribution in [0.3, 0.4) is 0 Å². The van der Waals surface area contributed by atoms with E-state index in [2.05, 4.69) is 10.6 Å². The summed E-state index contributed by atoms with van der Waals surface area (Å²) < 4.78 is 6.38. The van der Waals surface area contributed by atoms with Crippen molar-refractivity contribution in [2.45, 2.75) is 32.9 Å². The first-order chi connectivity index (χ1) is 13.4. The van der Waals surface area contributed by atoms with E-state index >= 15 is 0 Å². The third-order valence-corrected chi connectivity index (χ3v) is 4.85. The molecule has 10 heteroatoms. The molecule has 2 aromatic rings. The van der Waals surface area contributed by atoms with E-state index in [0.29, 0.717) is 35.2 Å². The number of nitrogens with one attached hydrogen (secondary N) is 2. The molecule has 0 aliphatic heterocycles. The molecule has 0 radical (unpaired) electrons. The molecule has 0 saturated heterocycles. The number of hydrogen-bond donors (Lipinski definition) is 2. The zero-order valence-electron chi connectivity index (χ0n) is 17.5. The van der Waals surface area contributed by atoms with Gasteiger partial charge in [-0.1, -0.05) is 32.0 Å². The Morgan fingerprint density at radius 1 is 1.17 bits per heavy atom. The minimum absolute atomic E-state index is 0. The molecule has 2 N–H and O–H groups in total. The second kappa shape index (κ2) is 13.4. The molecule has 0 aliphatic carbocycles. The molecular formula is C20H29Cl2N3O4S. The normalized spacial score (nSPS) is 11.2. The maximum atomic E-state index is 12.7. The van der Waals surface area contributed by atoms with Gasteiger partial charge in [-0.3, -0.25) is 4.79 Å². The van der Waals surface area contributed by atoms with Crippen molar-refractivity contribution in [1.29, 1.82) is 0 Å².